The Hall–Kier alpha value is -2.25. The van der Waals surface area contributed by atoms with E-state index in [-0.39, 0.29) is 24.1 Å². The molecule has 3 saturated heterocycles. The fourth-order valence-electron chi connectivity index (χ4n) is 5.36. The Bertz CT molecular complexity index is 869. The van der Waals surface area contributed by atoms with Crippen LogP contribution in [0.4, 0.5) is 0 Å². The summed E-state index contributed by atoms with van der Waals surface area (Å²) < 4.78 is 0. The predicted octanol–water partition coefficient (Wildman–Crippen LogP) is 0.489. The van der Waals surface area contributed by atoms with Gasteiger partial charge in [-0.2, -0.15) is 0 Å². The molecule has 0 spiro atoms. The first-order valence-corrected chi connectivity index (χ1v) is 10.1. The van der Waals surface area contributed by atoms with Gasteiger partial charge in [-0.3, -0.25) is 24.6 Å². The highest BCUT2D eigenvalue weighted by Crippen LogP contribution is 2.39. The fourth-order valence-corrected chi connectivity index (χ4v) is 5.36. The van der Waals surface area contributed by atoms with Crippen LogP contribution in [0.2, 0.25) is 0 Å². The standard InChI is InChI=1S/C21H26N4O3/c1-21-11-22-7-15(21)10-24(12-21)8-13-2-3-14-9-25(20(28)16(14)6-13)17-4-5-18(26)23-19(17)27/h2-3,6,15,17,22H,4-5,7-12H2,1H3,(H,23,26,27)/t15-,17?,21+/m1/s1. The monoisotopic (exact) mass is 382 g/mol. The number of carbonyl (C=O) groups excluding carboxylic acids is 3. The summed E-state index contributed by atoms with van der Waals surface area (Å²) in [6.07, 6.45) is 0.685. The van der Waals surface area contributed by atoms with Gasteiger partial charge in [0.15, 0.2) is 0 Å². The van der Waals surface area contributed by atoms with Crippen LogP contribution in [0.3, 0.4) is 0 Å². The van der Waals surface area contributed by atoms with E-state index in [0.29, 0.717) is 29.9 Å². The van der Waals surface area contributed by atoms with Gasteiger partial charge in [0.2, 0.25) is 11.8 Å². The fraction of sp³-hybridized carbons (Fsp3) is 0.571. The quantitative estimate of drug-likeness (QED) is 0.744. The Balaban J connectivity index is 1.30. The van der Waals surface area contributed by atoms with E-state index in [2.05, 4.69) is 28.5 Å². The van der Waals surface area contributed by atoms with Crippen molar-refractivity contribution in [1.29, 1.82) is 0 Å². The zero-order valence-corrected chi connectivity index (χ0v) is 16.2. The van der Waals surface area contributed by atoms with Gasteiger partial charge in [-0.15, -0.1) is 0 Å². The Morgan fingerprint density at radius 1 is 1.25 bits per heavy atom. The van der Waals surface area contributed by atoms with Gasteiger partial charge in [0.25, 0.3) is 5.91 Å². The number of amides is 3. The van der Waals surface area contributed by atoms with Gasteiger partial charge in [0.05, 0.1) is 0 Å². The number of piperidine rings is 1. The summed E-state index contributed by atoms with van der Waals surface area (Å²) in [4.78, 5) is 40.6. The SMILES string of the molecule is C[C@@]12CNC[C@@H]1CN(Cc1ccc3c(c1)C(=O)N(C1CCC(=O)NC1=O)C3)C2. The largest absolute Gasteiger partial charge is 0.322 e. The number of hydrogen-bond acceptors (Lipinski definition) is 5. The van der Waals surface area contributed by atoms with E-state index in [1.54, 1.807) is 4.90 Å². The van der Waals surface area contributed by atoms with E-state index in [9.17, 15) is 14.4 Å². The molecule has 3 amide bonds. The van der Waals surface area contributed by atoms with Crippen molar-refractivity contribution < 1.29 is 14.4 Å². The van der Waals surface area contributed by atoms with Crippen LogP contribution in [-0.4, -0.2) is 59.7 Å². The normalized spacial score (nSPS) is 32.6. The number of fused-ring (bicyclic) bond motifs is 2. The molecule has 3 fully saturated rings. The molecule has 7 heteroatoms. The first-order valence-electron chi connectivity index (χ1n) is 10.1. The first kappa shape index (κ1) is 17.8. The molecule has 0 aromatic heterocycles. The minimum atomic E-state index is -0.550. The topological polar surface area (TPSA) is 81.8 Å². The number of nitrogens with one attached hydrogen (secondary N) is 2. The van der Waals surface area contributed by atoms with Crippen molar-refractivity contribution in [3.8, 4) is 0 Å². The Kier molecular flexibility index (Phi) is 4.07. The van der Waals surface area contributed by atoms with Gasteiger partial charge >= 0.3 is 0 Å². The van der Waals surface area contributed by atoms with Crippen molar-refractivity contribution >= 4 is 17.7 Å². The minimum Gasteiger partial charge on any atom is -0.322 e. The van der Waals surface area contributed by atoms with E-state index in [1.165, 1.54) is 0 Å². The highest BCUT2D eigenvalue weighted by molar-refractivity contribution is 6.05. The lowest BCUT2D eigenvalue weighted by molar-refractivity contribution is -0.136. The highest BCUT2D eigenvalue weighted by Gasteiger charge is 2.46. The van der Waals surface area contributed by atoms with Crippen LogP contribution in [0.25, 0.3) is 0 Å². The van der Waals surface area contributed by atoms with Crippen molar-refractivity contribution in [3.05, 3.63) is 34.9 Å². The van der Waals surface area contributed by atoms with Gasteiger partial charge in [-0.1, -0.05) is 19.1 Å². The average Bonchev–Trinajstić information content (AvgIpc) is 3.25. The van der Waals surface area contributed by atoms with E-state index in [1.807, 2.05) is 12.1 Å². The molecule has 1 unspecified atom stereocenters. The second-order valence-corrected chi connectivity index (χ2v) is 9.04. The van der Waals surface area contributed by atoms with Crippen LogP contribution in [0.1, 0.15) is 41.3 Å². The Morgan fingerprint density at radius 3 is 2.89 bits per heavy atom. The molecule has 0 aliphatic carbocycles. The summed E-state index contributed by atoms with van der Waals surface area (Å²) in [6, 6.07) is 5.58. The molecule has 1 aromatic carbocycles. The summed E-state index contributed by atoms with van der Waals surface area (Å²) in [5.41, 5.74) is 3.17. The lowest BCUT2D eigenvalue weighted by Crippen LogP contribution is -2.52. The van der Waals surface area contributed by atoms with Gasteiger partial charge in [0.1, 0.15) is 6.04 Å². The summed E-state index contributed by atoms with van der Waals surface area (Å²) in [6.45, 7) is 8.01. The number of rotatable bonds is 3. The third-order valence-corrected chi connectivity index (χ3v) is 6.97. The second-order valence-electron chi connectivity index (χ2n) is 9.04. The van der Waals surface area contributed by atoms with Gasteiger partial charge in [-0.05, 0) is 41.5 Å². The molecule has 3 atom stereocenters. The van der Waals surface area contributed by atoms with Crippen molar-refractivity contribution in [3.63, 3.8) is 0 Å². The van der Waals surface area contributed by atoms with Crippen LogP contribution in [0.5, 0.6) is 0 Å². The number of carbonyl (C=O) groups is 3. The summed E-state index contributed by atoms with van der Waals surface area (Å²) in [7, 11) is 0. The molecule has 7 nitrogen and oxygen atoms in total. The molecule has 2 N–H and O–H groups in total. The molecule has 0 bridgehead atoms. The third-order valence-electron chi connectivity index (χ3n) is 6.97. The molecule has 4 aliphatic rings. The molecule has 1 aromatic rings. The lowest BCUT2D eigenvalue weighted by Gasteiger charge is -2.29. The molecule has 4 aliphatic heterocycles. The van der Waals surface area contributed by atoms with Crippen LogP contribution < -0.4 is 10.6 Å². The third kappa shape index (κ3) is 2.84. The second kappa shape index (κ2) is 6.39. The molecular weight excluding hydrogens is 356 g/mol. The van der Waals surface area contributed by atoms with Crippen LogP contribution in [0, 0.1) is 11.3 Å². The minimum absolute atomic E-state index is 0.0965. The number of nitrogens with zero attached hydrogens (tertiary/aromatic N) is 2. The highest BCUT2D eigenvalue weighted by atomic mass is 16.2. The van der Waals surface area contributed by atoms with E-state index >= 15 is 0 Å². The van der Waals surface area contributed by atoms with Crippen molar-refractivity contribution in [1.82, 2.24) is 20.4 Å². The van der Waals surface area contributed by atoms with Crippen molar-refractivity contribution in [2.45, 2.75) is 38.9 Å². The smallest absolute Gasteiger partial charge is 0.255 e. The number of benzene rings is 1. The summed E-state index contributed by atoms with van der Waals surface area (Å²) in [5.74, 6) is -0.0116. The average molecular weight is 382 g/mol. The van der Waals surface area contributed by atoms with E-state index < -0.39 is 6.04 Å². The molecule has 0 radical (unpaired) electrons. The van der Waals surface area contributed by atoms with Gasteiger partial charge < -0.3 is 10.2 Å². The molecule has 148 valence electrons. The Morgan fingerprint density at radius 2 is 2.11 bits per heavy atom. The predicted molar refractivity (Wildman–Crippen MR) is 102 cm³/mol. The van der Waals surface area contributed by atoms with Gasteiger partial charge in [-0.25, -0.2) is 0 Å². The zero-order valence-electron chi connectivity index (χ0n) is 16.2. The van der Waals surface area contributed by atoms with Crippen LogP contribution in [0.15, 0.2) is 18.2 Å². The summed E-state index contributed by atoms with van der Waals surface area (Å²) in [5, 5.41) is 5.85. The van der Waals surface area contributed by atoms with E-state index in [4.69, 9.17) is 0 Å². The van der Waals surface area contributed by atoms with Crippen molar-refractivity contribution in [2.75, 3.05) is 26.2 Å². The Labute approximate surface area is 164 Å². The maximum Gasteiger partial charge on any atom is 0.255 e. The first-order chi connectivity index (χ1) is 13.4. The van der Waals surface area contributed by atoms with Gasteiger partial charge in [0, 0.05) is 44.7 Å². The van der Waals surface area contributed by atoms with E-state index in [0.717, 1.165) is 43.9 Å². The van der Waals surface area contributed by atoms with Crippen LogP contribution >= 0.6 is 0 Å². The lowest BCUT2D eigenvalue weighted by atomic mass is 9.83. The molecular formula is C21H26N4O3. The van der Waals surface area contributed by atoms with Crippen molar-refractivity contribution in [2.24, 2.45) is 11.3 Å². The maximum absolute atomic E-state index is 13.0. The molecule has 0 saturated carbocycles. The molecule has 4 heterocycles. The zero-order chi connectivity index (χ0) is 19.5. The molecule has 28 heavy (non-hydrogen) atoms. The molecule has 5 rings (SSSR count). The maximum atomic E-state index is 13.0. The van der Waals surface area contributed by atoms with Crippen LogP contribution in [-0.2, 0) is 22.7 Å². The number of likely N-dealkylation sites (tertiary alicyclic amines) is 1. The number of imide groups is 1. The number of hydrogen-bond donors (Lipinski definition) is 2. The summed E-state index contributed by atoms with van der Waals surface area (Å²) >= 11 is 0.